The van der Waals surface area contributed by atoms with Crippen LogP contribution in [0.5, 0.6) is 0 Å². The molecule has 212 valence electrons. The fourth-order valence-electron chi connectivity index (χ4n) is 8.32. The number of carbonyl (C=O) groups is 2. The Hall–Kier alpha value is -2.68. The predicted molar refractivity (Wildman–Crippen MR) is 155 cm³/mol. The summed E-state index contributed by atoms with van der Waals surface area (Å²) in [5.74, 6) is 1.15. The fraction of sp³-hybridized carbons (Fsp3) is 0.581. The summed E-state index contributed by atoms with van der Waals surface area (Å²) >= 11 is 7.31. The molecule has 5 aliphatic rings. The van der Waals surface area contributed by atoms with Crippen molar-refractivity contribution in [1.29, 1.82) is 0 Å². The van der Waals surface area contributed by atoms with Gasteiger partial charge in [-0.2, -0.15) is 5.10 Å². The van der Waals surface area contributed by atoms with E-state index in [2.05, 4.69) is 54.2 Å². The van der Waals surface area contributed by atoms with Crippen LogP contribution in [0.25, 0.3) is 11.3 Å². The second-order valence-electron chi connectivity index (χ2n) is 13.1. The predicted octanol–water partition coefficient (Wildman–Crippen LogP) is 3.55. The van der Waals surface area contributed by atoms with Crippen molar-refractivity contribution >= 4 is 23.4 Å². The lowest BCUT2D eigenvalue weighted by Crippen LogP contribution is -2.63. The van der Waals surface area contributed by atoms with E-state index < -0.39 is 0 Å². The molecule has 7 rings (SSSR count). The first-order chi connectivity index (χ1) is 19.2. The number of nitrogens with one attached hydrogen (secondary N) is 2. The number of amides is 2. The monoisotopic (exact) mass is 562 g/mol. The lowest BCUT2D eigenvalue weighted by Gasteiger charge is -2.58. The number of hydrogen-bond acceptors (Lipinski definition) is 5. The van der Waals surface area contributed by atoms with E-state index in [4.69, 9.17) is 16.7 Å². The van der Waals surface area contributed by atoms with Crippen LogP contribution in [-0.4, -0.2) is 69.5 Å². The third-order valence-electron chi connectivity index (χ3n) is 10.5. The number of likely N-dealkylation sites (tertiary alicyclic amines) is 1. The molecule has 1 spiro atoms. The zero-order valence-corrected chi connectivity index (χ0v) is 24.4. The Morgan fingerprint density at radius 2 is 2.02 bits per heavy atom. The Labute approximate surface area is 241 Å². The van der Waals surface area contributed by atoms with Crippen molar-refractivity contribution in [2.45, 2.75) is 69.5 Å². The Morgan fingerprint density at radius 1 is 1.25 bits per heavy atom. The van der Waals surface area contributed by atoms with Crippen LogP contribution in [0.4, 0.5) is 0 Å². The van der Waals surface area contributed by atoms with Crippen molar-refractivity contribution < 1.29 is 9.59 Å². The van der Waals surface area contributed by atoms with Gasteiger partial charge >= 0.3 is 0 Å². The Kier molecular flexibility index (Phi) is 6.18. The van der Waals surface area contributed by atoms with Gasteiger partial charge in [0.1, 0.15) is 0 Å². The number of halogens is 1. The molecule has 5 unspecified atom stereocenters. The molecule has 1 aromatic heterocycles. The summed E-state index contributed by atoms with van der Waals surface area (Å²) in [5.41, 5.74) is 14.1. The smallest absolute Gasteiger partial charge is 0.245 e. The third kappa shape index (κ3) is 3.97. The standard InChI is InChI=1S/C31H39ClN6O2/c1-5-25(39)37-15-31(16-37)11-22(12-31)38-18(3)27(28-23-13-33-34-24(23)8-17(2)29(28)32)30(35-38)20-7-6-19-10-26(40)36(4)14-21(19)9-20/h5-7,9,17,22-24,28-29,33-34H,1,8,10-16H2,2-4H3. The second-order valence-corrected chi connectivity index (χ2v) is 13.6. The minimum atomic E-state index is 0.0253. The maximum Gasteiger partial charge on any atom is 0.245 e. The molecular weight excluding hydrogens is 524 g/mol. The normalized spacial score (nSPS) is 31.0. The largest absolute Gasteiger partial charge is 0.341 e. The van der Waals surface area contributed by atoms with Crippen molar-refractivity contribution in [3.8, 4) is 11.3 Å². The van der Waals surface area contributed by atoms with Gasteiger partial charge in [-0.15, -0.1) is 11.6 Å². The number of likely N-dealkylation sites (N-methyl/N-ethyl adjacent to an activating group) is 1. The summed E-state index contributed by atoms with van der Waals surface area (Å²) in [7, 11) is 1.88. The molecule has 5 atom stereocenters. The molecule has 3 aliphatic heterocycles. The first kappa shape index (κ1) is 26.2. The molecular formula is C31H39ClN6O2. The zero-order valence-electron chi connectivity index (χ0n) is 23.6. The van der Waals surface area contributed by atoms with Crippen molar-refractivity contribution in [2.75, 3.05) is 26.7 Å². The maximum atomic E-state index is 12.3. The minimum Gasteiger partial charge on any atom is -0.341 e. The molecule has 2 aliphatic carbocycles. The molecule has 0 bridgehead atoms. The van der Waals surface area contributed by atoms with E-state index in [1.165, 1.54) is 22.9 Å². The van der Waals surface area contributed by atoms with Crippen LogP contribution in [0, 0.1) is 24.2 Å². The molecule has 9 heteroatoms. The molecule has 2 saturated carbocycles. The molecule has 4 fully saturated rings. The second kappa shape index (κ2) is 9.43. The highest BCUT2D eigenvalue weighted by Crippen LogP contribution is 2.56. The van der Waals surface area contributed by atoms with E-state index in [-0.39, 0.29) is 28.5 Å². The third-order valence-corrected chi connectivity index (χ3v) is 11.2. The molecule has 2 aromatic rings. The number of rotatable bonds is 4. The summed E-state index contributed by atoms with van der Waals surface area (Å²) in [5, 5.41) is 5.39. The van der Waals surface area contributed by atoms with Gasteiger partial charge in [0.2, 0.25) is 11.8 Å². The highest BCUT2D eigenvalue weighted by Gasteiger charge is 2.55. The van der Waals surface area contributed by atoms with Gasteiger partial charge in [0.25, 0.3) is 0 Å². The van der Waals surface area contributed by atoms with Crippen LogP contribution in [-0.2, 0) is 22.6 Å². The van der Waals surface area contributed by atoms with Crippen molar-refractivity contribution in [3.63, 3.8) is 0 Å². The van der Waals surface area contributed by atoms with Crippen LogP contribution < -0.4 is 10.9 Å². The molecule has 1 aromatic carbocycles. The van der Waals surface area contributed by atoms with Crippen LogP contribution in [0.3, 0.4) is 0 Å². The fourth-order valence-corrected chi connectivity index (χ4v) is 8.73. The molecule has 8 nitrogen and oxygen atoms in total. The summed E-state index contributed by atoms with van der Waals surface area (Å²) in [4.78, 5) is 28.1. The molecule has 2 saturated heterocycles. The highest BCUT2D eigenvalue weighted by atomic mass is 35.5. The average molecular weight is 563 g/mol. The average Bonchev–Trinajstić information content (AvgIpc) is 3.48. The Bertz CT molecular complexity index is 1390. The van der Waals surface area contributed by atoms with Crippen molar-refractivity contribution in [3.05, 3.63) is 53.2 Å². The van der Waals surface area contributed by atoms with E-state index in [1.807, 2.05) is 16.8 Å². The van der Waals surface area contributed by atoms with Gasteiger partial charge in [-0.25, -0.2) is 0 Å². The summed E-state index contributed by atoms with van der Waals surface area (Å²) < 4.78 is 2.27. The first-order valence-electron chi connectivity index (χ1n) is 14.7. The highest BCUT2D eigenvalue weighted by molar-refractivity contribution is 6.21. The number of nitrogens with zero attached hydrogens (tertiary/aromatic N) is 4. The van der Waals surface area contributed by atoms with E-state index in [0.29, 0.717) is 36.9 Å². The van der Waals surface area contributed by atoms with Gasteiger partial charge in [-0.1, -0.05) is 25.6 Å². The van der Waals surface area contributed by atoms with Gasteiger partial charge in [0, 0.05) is 72.8 Å². The van der Waals surface area contributed by atoms with Gasteiger partial charge in [-0.05, 0) is 61.3 Å². The summed E-state index contributed by atoms with van der Waals surface area (Å²) in [6.45, 7) is 11.3. The van der Waals surface area contributed by atoms with Crippen LogP contribution in [0.2, 0.25) is 0 Å². The Morgan fingerprint density at radius 3 is 2.77 bits per heavy atom. The van der Waals surface area contributed by atoms with E-state index in [0.717, 1.165) is 55.7 Å². The van der Waals surface area contributed by atoms with Crippen molar-refractivity contribution in [1.82, 2.24) is 30.4 Å². The van der Waals surface area contributed by atoms with Crippen LogP contribution >= 0.6 is 11.6 Å². The quantitative estimate of drug-likeness (QED) is 0.440. The SMILES string of the molecule is C=CC(=O)N1CC2(CC(n3nc(-c4ccc5c(c4)CN(C)C(=O)C5)c(C4C(Cl)C(C)CC5NNCC54)c3C)C2)C1. The number of aromatic nitrogens is 2. The van der Waals surface area contributed by atoms with E-state index in [9.17, 15) is 9.59 Å². The molecule has 0 radical (unpaired) electrons. The maximum absolute atomic E-state index is 12.3. The molecule has 4 heterocycles. The minimum absolute atomic E-state index is 0.0253. The summed E-state index contributed by atoms with van der Waals surface area (Å²) in [6.07, 6.45) is 5.00. The van der Waals surface area contributed by atoms with Crippen molar-refractivity contribution in [2.24, 2.45) is 17.3 Å². The van der Waals surface area contributed by atoms with E-state index >= 15 is 0 Å². The van der Waals surface area contributed by atoms with Gasteiger partial charge in [-0.3, -0.25) is 25.1 Å². The van der Waals surface area contributed by atoms with Gasteiger partial charge in [0.05, 0.1) is 18.2 Å². The lowest BCUT2D eigenvalue weighted by atomic mass is 9.60. The van der Waals surface area contributed by atoms with Crippen LogP contribution in [0.15, 0.2) is 30.9 Å². The lowest BCUT2D eigenvalue weighted by molar-refractivity contribution is -0.149. The molecule has 2 amide bonds. The topological polar surface area (TPSA) is 82.5 Å². The summed E-state index contributed by atoms with van der Waals surface area (Å²) in [6, 6.07) is 7.23. The van der Waals surface area contributed by atoms with Crippen LogP contribution in [0.1, 0.15) is 60.5 Å². The van der Waals surface area contributed by atoms with E-state index in [1.54, 1.807) is 0 Å². The van der Waals surface area contributed by atoms with Gasteiger partial charge < -0.3 is 9.80 Å². The molecule has 40 heavy (non-hydrogen) atoms. The van der Waals surface area contributed by atoms with Gasteiger partial charge in [0.15, 0.2) is 0 Å². The Balaban J connectivity index is 1.27. The zero-order chi connectivity index (χ0) is 27.9. The number of hydrogen-bond donors (Lipinski definition) is 2. The number of alkyl halides is 1. The molecule has 2 N–H and O–H groups in total. The number of benzene rings is 1. The number of hydrazine groups is 1. The first-order valence-corrected chi connectivity index (χ1v) is 15.1. The number of fused-ring (bicyclic) bond motifs is 2. The number of carbonyl (C=O) groups excluding carboxylic acids is 2.